The van der Waals surface area contributed by atoms with Gasteiger partial charge in [0.05, 0.1) is 18.5 Å². The van der Waals surface area contributed by atoms with Crippen molar-refractivity contribution < 1.29 is 36.6 Å². The summed E-state index contributed by atoms with van der Waals surface area (Å²) in [6, 6.07) is 4.55. The Hall–Kier alpha value is -4.36. The summed E-state index contributed by atoms with van der Waals surface area (Å²) in [4.78, 5) is 40.1. The van der Waals surface area contributed by atoms with Crippen molar-refractivity contribution in [3.63, 3.8) is 0 Å². The molecule has 2 N–H and O–H groups in total. The fraction of sp³-hybridized carbons (Fsp3) is 0.200. The number of halogens is 4. The van der Waals surface area contributed by atoms with Crippen molar-refractivity contribution in [2.75, 3.05) is 19.5 Å². The number of esters is 1. The van der Waals surface area contributed by atoms with Gasteiger partial charge in [0.1, 0.15) is 11.5 Å². The average molecular weight is 484 g/mol. The van der Waals surface area contributed by atoms with Gasteiger partial charge in [-0.05, 0) is 12.1 Å². The number of rotatable bonds is 6. The van der Waals surface area contributed by atoms with Crippen LogP contribution in [0.15, 0.2) is 46.1 Å². The predicted molar refractivity (Wildman–Crippen MR) is 108 cm³/mol. The van der Waals surface area contributed by atoms with Crippen LogP contribution in [0.25, 0.3) is 5.69 Å². The van der Waals surface area contributed by atoms with Crippen LogP contribution < -0.4 is 26.5 Å². The zero-order valence-corrected chi connectivity index (χ0v) is 17.6. The summed E-state index contributed by atoms with van der Waals surface area (Å²) in [7, 11) is 1.93. The maximum absolute atomic E-state index is 14.7. The standard InChI is InChI=1S/C20H16F4N4O6/c1-27-15(20(22,23)24)8-16(29)28(19(27)31)12-7-14(11(25)6-10(12)21)34-13-4-3-5-26-18(13)33-9-17(30)32-2/h3-8H,9,25H2,1-2H3. The minimum atomic E-state index is -4.99. The molecule has 0 saturated heterocycles. The molecule has 0 atom stereocenters. The number of nitrogen functional groups attached to an aromatic ring is 1. The van der Waals surface area contributed by atoms with E-state index in [4.69, 9.17) is 15.2 Å². The molecule has 2 heterocycles. The summed E-state index contributed by atoms with van der Waals surface area (Å²) in [5, 5.41) is 0. The van der Waals surface area contributed by atoms with Crippen molar-refractivity contribution in [3.8, 4) is 23.1 Å². The lowest BCUT2D eigenvalue weighted by Gasteiger charge is -2.16. The van der Waals surface area contributed by atoms with Gasteiger partial charge in [0, 0.05) is 31.4 Å². The molecule has 10 nitrogen and oxygen atoms in total. The normalized spacial score (nSPS) is 11.2. The highest BCUT2D eigenvalue weighted by Crippen LogP contribution is 2.35. The second-order valence-corrected chi connectivity index (χ2v) is 6.66. The molecule has 0 amide bonds. The van der Waals surface area contributed by atoms with Crippen LogP contribution in [0.2, 0.25) is 0 Å². The number of methoxy groups -OCH3 is 1. The molecule has 0 aliphatic rings. The van der Waals surface area contributed by atoms with E-state index < -0.39 is 47.2 Å². The number of anilines is 1. The molecule has 1 aromatic carbocycles. The first-order valence-corrected chi connectivity index (χ1v) is 9.26. The van der Waals surface area contributed by atoms with Gasteiger partial charge in [-0.15, -0.1) is 0 Å². The molecular weight excluding hydrogens is 468 g/mol. The third-order valence-electron chi connectivity index (χ3n) is 4.44. The number of nitrogens with zero attached hydrogens (tertiary/aromatic N) is 3. The van der Waals surface area contributed by atoms with E-state index in [0.29, 0.717) is 0 Å². The number of carbonyl (C=O) groups is 1. The Labute approximate surface area is 187 Å². The second kappa shape index (κ2) is 9.25. The van der Waals surface area contributed by atoms with Crippen LogP contribution in [0.4, 0.5) is 23.2 Å². The largest absolute Gasteiger partial charge is 0.466 e. The van der Waals surface area contributed by atoms with Crippen LogP contribution in [0.5, 0.6) is 17.4 Å². The van der Waals surface area contributed by atoms with Crippen molar-refractivity contribution in [2.24, 2.45) is 7.05 Å². The van der Waals surface area contributed by atoms with E-state index in [1.165, 1.54) is 18.3 Å². The molecule has 34 heavy (non-hydrogen) atoms. The fourth-order valence-electron chi connectivity index (χ4n) is 2.80. The number of alkyl halides is 3. The first-order valence-electron chi connectivity index (χ1n) is 9.26. The molecule has 2 aromatic heterocycles. The molecule has 0 aliphatic carbocycles. The Morgan fingerprint density at radius 1 is 1.18 bits per heavy atom. The van der Waals surface area contributed by atoms with Gasteiger partial charge in [0.15, 0.2) is 18.1 Å². The van der Waals surface area contributed by atoms with Crippen molar-refractivity contribution in [1.29, 1.82) is 0 Å². The van der Waals surface area contributed by atoms with Gasteiger partial charge >= 0.3 is 17.8 Å². The van der Waals surface area contributed by atoms with Crippen LogP contribution in [-0.2, 0) is 22.8 Å². The molecule has 0 bridgehead atoms. The smallest absolute Gasteiger partial charge is 0.431 e. The lowest BCUT2D eigenvalue weighted by atomic mass is 10.2. The number of hydrogen-bond donors (Lipinski definition) is 1. The van der Waals surface area contributed by atoms with Crippen LogP contribution >= 0.6 is 0 Å². The molecule has 0 saturated carbocycles. The molecule has 0 aliphatic heterocycles. The number of pyridine rings is 1. The van der Waals surface area contributed by atoms with Gasteiger partial charge in [0.25, 0.3) is 11.4 Å². The Kier molecular flexibility index (Phi) is 6.61. The summed E-state index contributed by atoms with van der Waals surface area (Å²) < 4.78 is 69.5. The first kappa shape index (κ1) is 24.3. The Balaban J connectivity index is 2.08. The number of hydrogen-bond acceptors (Lipinski definition) is 8. The van der Waals surface area contributed by atoms with Crippen LogP contribution in [0, 0.1) is 5.82 Å². The SMILES string of the molecule is COC(=O)COc1ncccc1Oc1cc(-n2c(=O)cc(C(F)(F)F)n(C)c2=O)c(F)cc1N. The van der Waals surface area contributed by atoms with Crippen molar-refractivity contribution >= 4 is 11.7 Å². The Bertz CT molecular complexity index is 1370. The van der Waals surface area contributed by atoms with E-state index in [1.807, 2.05) is 0 Å². The van der Waals surface area contributed by atoms with E-state index in [0.717, 1.165) is 26.3 Å². The summed E-state index contributed by atoms with van der Waals surface area (Å²) in [6.07, 6.45) is -3.66. The maximum Gasteiger partial charge on any atom is 0.431 e. The van der Waals surface area contributed by atoms with Crippen LogP contribution in [0.1, 0.15) is 5.69 Å². The Morgan fingerprint density at radius 3 is 2.53 bits per heavy atom. The fourth-order valence-corrected chi connectivity index (χ4v) is 2.80. The van der Waals surface area contributed by atoms with E-state index in [9.17, 15) is 31.9 Å². The molecule has 3 aromatic rings. The topological polar surface area (TPSA) is 128 Å². The highest BCUT2D eigenvalue weighted by molar-refractivity contribution is 5.71. The molecule has 14 heteroatoms. The molecule has 0 unspecified atom stereocenters. The summed E-state index contributed by atoms with van der Waals surface area (Å²) in [6.45, 7) is -0.509. The van der Waals surface area contributed by atoms with Crippen molar-refractivity contribution in [3.05, 3.63) is 68.9 Å². The zero-order chi connectivity index (χ0) is 25.2. The lowest BCUT2D eigenvalue weighted by Crippen LogP contribution is -2.41. The summed E-state index contributed by atoms with van der Waals surface area (Å²) >= 11 is 0. The minimum absolute atomic E-state index is 0.0802. The van der Waals surface area contributed by atoms with Crippen LogP contribution in [0.3, 0.4) is 0 Å². The predicted octanol–water partition coefficient (Wildman–Crippen LogP) is 2.02. The van der Waals surface area contributed by atoms with E-state index >= 15 is 0 Å². The summed E-state index contributed by atoms with van der Waals surface area (Å²) in [5.41, 5.74) is 0.421. The quantitative estimate of drug-likeness (QED) is 0.320. The lowest BCUT2D eigenvalue weighted by molar-refractivity contribution is -0.144. The second-order valence-electron chi connectivity index (χ2n) is 6.66. The van der Waals surface area contributed by atoms with Gasteiger partial charge in [-0.25, -0.2) is 23.5 Å². The molecule has 0 spiro atoms. The van der Waals surface area contributed by atoms with E-state index in [1.54, 1.807) is 0 Å². The highest BCUT2D eigenvalue weighted by atomic mass is 19.4. The number of benzene rings is 1. The van der Waals surface area contributed by atoms with Gasteiger partial charge in [-0.3, -0.25) is 9.36 Å². The average Bonchev–Trinajstić information content (AvgIpc) is 2.77. The summed E-state index contributed by atoms with van der Waals surface area (Å²) in [5.74, 6) is -2.40. The van der Waals surface area contributed by atoms with Crippen molar-refractivity contribution in [1.82, 2.24) is 14.1 Å². The van der Waals surface area contributed by atoms with Crippen molar-refractivity contribution in [2.45, 2.75) is 6.18 Å². The highest BCUT2D eigenvalue weighted by Gasteiger charge is 2.35. The molecule has 180 valence electrons. The van der Waals surface area contributed by atoms with Gasteiger partial charge in [-0.2, -0.15) is 13.2 Å². The number of nitrogens with two attached hydrogens (primary N) is 1. The molecule has 0 fully saturated rings. The molecular formula is C20H16F4N4O6. The van der Waals surface area contributed by atoms with Gasteiger partial charge in [0.2, 0.25) is 0 Å². The number of carbonyl (C=O) groups excluding carboxylic acids is 1. The number of ether oxygens (including phenoxy) is 3. The molecule has 0 radical (unpaired) electrons. The Morgan fingerprint density at radius 2 is 1.88 bits per heavy atom. The van der Waals surface area contributed by atoms with Gasteiger partial charge in [-0.1, -0.05) is 0 Å². The van der Waals surface area contributed by atoms with Crippen LogP contribution in [-0.4, -0.2) is 33.8 Å². The molecule has 3 rings (SSSR count). The first-order chi connectivity index (χ1) is 15.9. The minimum Gasteiger partial charge on any atom is -0.466 e. The monoisotopic (exact) mass is 484 g/mol. The third kappa shape index (κ3) is 4.84. The third-order valence-corrected chi connectivity index (χ3v) is 4.44. The zero-order valence-electron chi connectivity index (χ0n) is 17.6. The number of aromatic nitrogens is 3. The van der Waals surface area contributed by atoms with E-state index in [-0.39, 0.29) is 38.3 Å². The van der Waals surface area contributed by atoms with Gasteiger partial charge < -0.3 is 19.9 Å². The maximum atomic E-state index is 14.7. The van der Waals surface area contributed by atoms with E-state index in [2.05, 4.69) is 9.72 Å².